The van der Waals surface area contributed by atoms with E-state index in [1.807, 2.05) is 6.26 Å². The van der Waals surface area contributed by atoms with Crippen molar-refractivity contribution < 1.29 is 9.47 Å². The number of nitrogens with zero attached hydrogens (tertiary/aromatic N) is 2. The molecule has 1 spiro atoms. The Hall–Kier alpha value is 0.140. The Bertz CT molecular complexity index is 437. The van der Waals surface area contributed by atoms with Crippen LogP contribution in [0.5, 0.6) is 0 Å². The predicted molar refractivity (Wildman–Crippen MR) is 77.8 cm³/mol. The van der Waals surface area contributed by atoms with Crippen molar-refractivity contribution in [3.05, 3.63) is 0 Å². The van der Waals surface area contributed by atoms with Crippen LogP contribution in [0.3, 0.4) is 0 Å². The maximum atomic E-state index is 6.24. The molecule has 1 aliphatic heterocycles. The second-order valence-corrected chi connectivity index (χ2v) is 8.23. The molecule has 1 aromatic rings. The van der Waals surface area contributed by atoms with Crippen molar-refractivity contribution in [1.82, 2.24) is 10.2 Å². The summed E-state index contributed by atoms with van der Waals surface area (Å²) in [6, 6.07) is 0.171. The zero-order chi connectivity index (χ0) is 13.3. The highest BCUT2D eigenvalue weighted by molar-refractivity contribution is 8.03. The van der Waals surface area contributed by atoms with Crippen LogP contribution in [0.15, 0.2) is 8.68 Å². The van der Waals surface area contributed by atoms with E-state index in [1.54, 1.807) is 34.9 Å². The molecule has 5 nitrogen and oxygen atoms in total. The molecule has 2 atom stereocenters. The van der Waals surface area contributed by atoms with E-state index in [1.165, 1.54) is 0 Å². The number of rotatable bonds is 3. The minimum atomic E-state index is -0.388. The van der Waals surface area contributed by atoms with Crippen LogP contribution in [0.2, 0.25) is 0 Å². The van der Waals surface area contributed by atoms with E-state index in [4.69, 9.17) is 15.2 Å². The first kappa shape index (κ1) is 14.1. The van der Waals surface area contributed by atoms with Gasteiger partial charge in [0, 0.05) is 24.1 Å². The molecule has 0 bridgehead atoms. The average Bonchev–Trinajstić information content (AvgIpc) is 3.04. The lowest BCUT2D eigenvalue weighted by atomic mass is 9.90. The normalized spacial score (nSPS) is 30.0. The zero-order valence-corrected chi connectivity index (χ0v) is 13.2. The van der Waals surface area contributed by atoms with Crippen molar-refractivity contribution in [3.8, 4) is 0 Å². The van der Waals surface area contributed by atoms with Gasteiger partial charge in [-0.2, -0.15) is 0 Å². The third-order valence-corrected chi connectivity index (χ3v) is 6.81. The van der Waals surface area contributed by atoms with Crippen molar-refractivity contribution in [1.29, 1.82) is 0 Å². The fourth-order valence-corrected chi connectivity index (χ4v) is 5.44. The standard InChI is InChI=1S/C11H17N3O2S3/c1-17-9-13-14-10(19-9)18-8-6-11(3-2-7(8)12)15-4-5-16-11/h7-8H,2-6,12H2,1H3. The van der Waals surface area contributed by atoms with Crippen molar-refractivity contribution in [3.63, 3.8) is 0 Å². The fourth-order valence-electron chi connectivity index (χ4n) is 2.48. The Morgan fingerprint density at radius 3 is 2.74 bits per heavy atom. The van der Waals surface area contributed by atoms with Crippen LogP contribution in [-0.4, -0.2) is 46.7 Å². The summed E-state index contributed by atoms with van der Waals surface area (Å²) in [5.74, 6) is -0.388. The van der Waals surface area contributed by atoms with Crippen molar-refractivity contribution >= 4 is 34.9 Å². The second-order valence-electron chi connectivity index (χ2n) is 4.71. The maximum Gasteiger partial charge on any atom is 0.175 e. The number of aromatic nitrogens is 2. The predicted octanol–water partition coefficient (Wildman–Crippen LogP) is 1.98. The van der Waals surface area contributed by atoms with Gasteiger partial charge in [0.15, 0.2) is 14.5 Å². The highest BCUT2D eigenvalue weighted by atomic mass is 32.2. The second kappa shape index (κ2) is 5.87. The van der Waals surface area contributed by atoms with Crippen LogP contribution in [0.4, 0.5) is 0 Å². The number of hydrogen-bond donors (Lipinski definition) is 1. The minimum absolute atomic E-state index is 0.171. The number of nitrogens with two attached hydrogens (primary N) is 1. The quantitative estimate of drug-likeness (QED) is 0.854. The van der Waals surface area contributed by atoms with Gasteiger partial charge in [-0.25, -0.2) is 0 Å². The summed E-state index contributed by atoms with van der Waals surface area (Å²) in [5.41, 5.74) is 6.24. The molecular weight excluding hydrogens is 302 g/mol. The van der Waals surface area contributed by atoms with Gasteiger partial charge in [-0.15, -0.1) is 10.2 Å². The van der Waals surface area contributed by atoms with Gasteiger partial charge in [0.05, 0.1) is 13.2 Å². The monoisotopic (exact) mass is 319 g/mol. The fraction of sp³-hybridized carbons (Fsp3) is 0.818. The maximum absolute atomic E-state index is 6.24. The zero-order valence-electron chi connectivity index (χ0n) is 10.7. The molecule has 0 amide bonds. The Kier molecular flexibility index (Phi) is 4.35. The molecule has 1 aromatic heterocycles. The summed E-state index contributed by atoms with van der Waals surface area (Å²) < 4.78 is 13.6. The molecule has 19 heavy (non-hydrogen) atoms. The van der Waals surface area contributed by atoms with Gasteiger partial charge in [0.2, 0.25) is 0 Å². The molecule has 2 heterocycles. The number of thioether (sulfide) groups is 2. The highest BCUT2D eigenvalue weighted by Gasteiger charge is 2.44. The van der Waals surface area contributed by atoms with E-state index in [2.05, 4.69) is 10.2 Å². The molecule has 0 aromatic carbocycles. The van der Waals surface area contributed by atoms with Gasteiger partial charge in [-0.05, 0) is 12.7 Å². The lowest BCUT2D eigenvalue weighted by Gasteiger charge is -2.38. The van der Waals surface area contributed by atoms with Crippen LogP contribution < -0.4 is 5.73 Å². The summed E-state index contributed by atoms with van der Waals surface area (Å²) in [6.45, 7) is 1.39. The number of hydrogen-bond acceptors (Lipinski definition) is 8. The molecule has 1 saturated heterocycles. The van der Waals surface area contributed by atoms with Crippen LogP contribution in [0.1, 0.15) is 19.3 Å². The van der Waals surface area contributed by atoms with Crippen molar-refractivity contribution in [2.24, 2.45) is 5.73 Å². The first-order valence-corrected chi connectivity index (χ1v) is 9.20. The average molecular weight is 319 g/mol. The summed E-state index contributed by atoms with van der Waals surface area (Å²) in [7, 11) is 0. The largest absolute Gasteiger partial charge is 0.347 e. The van der Waals surface area contributed by atoms with Crippen LogP contribution in [0, 0.1) is 0 Å². The van der Waals surface area contributed by atoms with E-state index in [0.29, 0.717) is 13.2 Å². The van der Waals surface area contributed by atoms with Crippen LogP contribution in [-0.2, 0) is 9.47 Å². The molecule has 1 aliphatic carbocycles. The van der Waals surface area contributed by atoms with Gasteiger partial charge in [0.1, 0.15) is 0 Å². The van der Waals surface area contributed by atoms with Gasteiger partial charge in [-0.3, -0.25) is 0 Å². The molecule has 0 radical (unpaired) electrons. The van der Waals surface area contributed by atoms with Crippen LogP contribution >= 0.6 is 34.9 Å². The Labute approximate surface area is 125 Å². The molecular formula is C11H17N3O2S3. The van der Waals surface area contributed by atoms with E-state index in [0.717, 1.165) is 27.9 Å². The number of ether oxygens (including phenoxy) is 2. The van der Waals surface area contributed by atoms with Gasteiger partial charge < -0.3 is 15.2 Å². The lowest BCUT2D eigenvalue weighted by molar-refractivity contribution is -0.176. The first-order valence-electron chi connectivity index (χ1n) is 6.28. The molecule has 2 aliphatic rings. The lowest BCUT2D eigenvalue weighted by Crippen LogP contribution is -2.47. The molecule has 3 rings (SSSR count). The van der Waals surface area contributed by atoms with Crippen molar-refractivity contribution in [2.45, 2.75) is 45.0 Å². The molecule has 1 saturated carbocycles. The Morgan fingerprint density at radius 1 is 1.32 bits per heavy atom. The van der Waals surface area contributed by atoms with Crippen LogP contribution in [0.25, 0.3) is 0 Å². The van der Waals surface area contributed by atoms with Crippen molar-refractivity contribution in [2.75, 3.05) is 19.5 Å². The smallest absolute Gasteiger partial charge is 0.175 e. The molecule has 2 unspecified atom stereocenters. The minimum Gasteiger partial charge on any atom is -0.347 e. The van der Waals surface area contributed by atoms with E-state index in [-0.39, 0.29) is 17.1 Å². The van der Waals surface area contributed by atoms with E-state index in [9.17, 15) is 0 Å². The van der Waals surface area contributed by atoms with Gasteiger partial charge in [0.25, 0.3) is 0 Å². The van der Waals surface area contributed by atoms with Gasteiger partial charge in [-0.1, -0.05) is 34.9 Å². The third-order valence-electron chi connectivity index (χ3n) is 3.48. The molecule has 2 fully saturated rings. The summed E-state index contributed by atoms with van der Waals surface area (Å²) in [6.07, 6.45) is 4.69. The first-order chi connectivity index (χ1) is 9.21. The molecule has 8 heteroatoms. The SMILES string of the molecule is CSc1nnc(SC2CC3(CCC2N)OCCO3)s1. The Morgan fingerprint density at radius 2 is 2.05 bits per heavy atom. The third kappa shape index (κ3) is 3.08. The molecule has 106 valence electrons. The Balaban J connectivity index is 1.67. The summed E-state index contributed by atoms with van der Waals surface area (Å²) in [4.78, 5) is 0. The highest BCUT2D eigenvalue weighted by Crippen LogP contribution is 2.42. The molecule has 2 N–H and O–H groups in total. The van der Waals surface area contributed by atoms with E-state index < -0.39 is 0 Å². The van der Waals surface area contributed by atoms with Gasteiger partial charge >= 0.3 is 0 Å². The van der Waals surface area contributed by atoms with E-state index >= 15 is 0 Å². The summed E-state index contributed by atoms with van der Waals surface area (Å²) >= 11 is 4.96. The summed E-state index contributed by atoms with van der Waals surface area (Å²) in [5, 5.41) is 8.61. The topological polar surface area (TPSA) is 70.3 Å².